The summed E-state index contributed by atoms with van der Waals surface area (Å²) in [5.41, 5.74) is 6.50. The van der Waals surface area contributed by atoms with E-state index in [1.165, 1.54) is 16.7 Å². The Kier molecular flexibility index (Phi) is 13.2. The van der Waals surface area contributed by atoms with Gasteiger partial charge in [0.2, 0.25) is 0 Å². The van der Waals surface area contributed by atoms with Crippen LogP contribution < -0.4 is 9.47 Å². The zero-order valence-electron chi connectivity index (χ0n) is 23.2. The molecule has 3 aromatic rings. The van der Waals surface area contributed by atoms with Gasteiger partial charge in [-0.05, 0) is 80.0 Å². The summed E-state index contributed by atoms with van der Waals surface area (Å²) in [7, 11) is 3.36. The third-order valence-electron chi connectivity index (χ3n) is 6.39. The van der Waals surface area contributed by atoms with Gasteiger partial charge >= 0.3 is 0 Å². The Morgan fingerprint density at radius 3 is 1.79 bits per heavy atom. The largest absolute Gasteiger partial charge is 0.497 e. The number of methoxy groups -OCH3 is 2. The first-order valence-corrected chi connectivity index (χ1v) is 13.4. The highest BCUT2D eigenvalue weighted by Gasteiger charge is 2.03. The molecule has 0 N–H and O–H groups in total. The van der Waals surface area contributed by atoms with Crippen molar-refractivity contribution in [2.75, 3.05) is 27.4 Å². The van der Waals surface area contributed by atoms with E-state index in [4.69, 9.17) is 18.9 Å². The fraction of sp³-hybridized carbons (Fsp3) is 0.353. The molecule has 0 aliphatic rings. The maximum atomic E-state index is 6.01. The van der Waals surface area contributed by atoms with Gasteiger partial charge in [-0.3, -0.25) is 0 Å². The van der Waals surface area contributed by atoms with E-state index >= 15 is 0 Å². The van der Waals surface area contributed by atoms with Crippen LogP contribution in [-0.2, 0) is 29.1 Å². The van der Waals surface area contributed by atoms with Crippen LogP contribution in [-0.4, -0.2) is 27.4 Å². The molecule has 0 radical (unpaired) electrons. The lowest BCUT2D eigenvalue weighted by Crippen LogP contribution is -2.00. The molecule has 0 amide bonds. The van der Waals surface area contributed by atoms with Gasteiger partial charge in [-0.15, -0.1) is 0 Å². The molecule has 0 aliphatic heterocycles. The van der Waals surface area contributed by atoms with E-state index in [1.54, 1.807) is 14.2 Å². The van der Waals surface area contributed by atoms with Crippen molar-refractivity contribution < 1.29 is 18.9 Å². The molecule has 0 atom stereocenters. The van der Waals surface area contributed by atoms with E-state index in [-0.39, 0.29) is 0 Å². The summed E-state index contributed by atoms with van der Waals surface area (Å²) in [5.74, 6) is 1.73. The predicted molar refractivity (Wildman–Crippen MR) is 156 cm³/mol. The van der Waals surface area contributed by atoms with E-state index in [2.05, 4.69) is 61.5 Å². The van der Waals surface area contributed by atoms with E-state index in [0.29, 0.717) is 26.4 Å². The number of hydrogen-bond acceptors (Lipinski definition) is 4. The number of allylic oxidation sites excluding steroid dienone is 2. The summed E-state index contributed by atoms with van der Waals surface area (Å²) in [6.07, 6.45) is 9.61. The molecule has 3 aromatic carbocycles. The van der Waals surface area contributed by atoms with Gasteiger partial charge in [-0.2, -0.15) is 0 Å². The third kappa shape index (κ3) is 11.4. The average Bonchev–Trinajstić information content (AvgIpc) is 2.96. The minimum Gasteiger partial charge on any atom is -0.497 e. The van der Waals surface area contributed by atoms with Crippen LogP contribution in [0.3, 0.4) is 0 Å². The van der Waals surface area contributed by atoms with Crippen LogP contribution >= 0.6 is 0 Å². The van der Waals surface area contributed by atoms with Crippen LogP contribution in [0.1, 0.15) is 49.3 Å². The zero-order chi connectivity index (χ0) is 26.8. The molecule has 202 valence electrons. The number of aryl methyl sites for hydroxylation is 1. The lowest BCUT2D eigenvalue weighted by molar-refractivity contribution is 0.121. The standard InChI is InChI=1S/C34H42O4/c1-28(9-7-12-29-10-5-4-6-11-29)25-30(22-24-38-27-32-16-20-34(36-3)21-17-32)13-8-23-37-26-31-14-18-33(35-2)19-15-31/h4-6,9-11,13-21H,7-8,12,22-27H2,1-3H3/b28-9+,30-13-. The normalized spacial score (nSPS) is 12.0. The van der Waals surface area contributed by atoms with Gasteiger partial charge < -0.3 is 18.9 Å². The van der Waals surface area contributed by atoms with Gasteiger partial charge in [0.25, 0.3) is 0 Å². The van der Waals surface area contributed by atoms with Crippen LogP contribution in [0.2, 0.25) is 0 Å². The molecule has 0 aliphatic carbocycles. The van der Waals surface area contributed by atoms with E-state index in [0.717, 1.165) is 54.7 Å². The first kappa shape index (κ1) is 29.2. The van der Waals surface area contributed by atoms with Gasteiger partial charge in [-0.25, -0.2) is 0 Å². The number of ether oxygens (including phenoxy) is 4. The van der Waals surface area contributed by atoms with Crippen molar-refractivity contribution >= 4 is 0 Å². The summed E-state index contributed by atoms with van der Waals surface area (Å²) in [5, 5.41) is 0. The fourth-order valence-corrected chi connectivity index (χ4v) is 4.20. The van der Waals surface area contributed by atoms with Gasteiger partial charge in [0.15, 0.2) is 0 Å². The Balaban J connectivity index is 1.47. The van der Waals surface area contributed by atoms with Crippen molar-refractivity contribution in [2.24, 2.45) is 0 Å². The lowest BCUT2D eigenvalue weighted by atomic mass is 10.0. The summed E-state index contributed by atoms with van der Waals surface area (Å²) >= 11 is 0. The average molecular weight is 515 g/mol. The summed E-state index contributed by atoms with van der Waals surface area (Å²) in [6, 6.07) is 26.7. The SMILES string of the molecule is COc1ccc(COCC/C=C(/CCOCc2ccc(OC)cc2)C/C(C)=C/CCc2ccccc2)cc1. The molecule has 0 saturated carbocycles. The van der Waals surface area contributed by atoms with Crippen LogP contribution in [0.25, 0.3) is 0 Å². The molecule has 0 saturated heterocycles. The highest BCUT2D eigenvalue weighted by Crippen LogP contribution is 2.18. The van der Waals surface area contributed by atoms with Crippen molar-refractivity contribution in [2.45, 2.75) is 52.2 Å². The second-order valence-corrected chi connectivity index (χ2v) is 9.45. The highest BCUT2D eigenvalue weighted by molar-refractivity contribution is 5.27. The summed E-state index contributed by atoms with van der Waals surface area (Å²) in [6.45, 7) is 4.84. The van der Waals surface area contributed by atoms with Crippen molar-refractivity contribution in [1.29, 1.82) is 0 Å². The van der Waals surface area contributed by atoms with Crippen molar-refractivity contribution in [3.05, 3.63) is 119 Å². The van der Waals surface area contributed by atoms with Crippen molar-refractivity contribution in [3.8, 4) is 11.5 Å². The minimum absolute atomic E-state index is 0.605. The molecule has 0 fully saturated rings. The molecule has 0 spiro atoms. The molecular weight excluding hydrogens is 472 g/mol. The summed E-state index contributed by atoms with van der Waals surface area (Å²) < 4.78 is 22.4. The van der Waals surface area contributed by atoms with E-state index in [1.807, 2.05) is 36.4 Å². The molecule has 0 heterocycles. The summed E-state index contributed by atoms with van der Waals surface area (Å²) in [4.78, 5) is 0. The number of rotatable bonds is 17. The van der Waals surface area contributed by atoms with Gasteiger partial charge in [0.1, 0.15) is 11.5 Å². The Hall–Kier alpha value is -3.34. The smallest absolute Gasteiger partial charge is 0.118 e. The topological polar surface area (TPSA) is 36.9 Å². The van der Waals surface area contributed by atoms with Gasteiger partial charge in [0, 0.05) is 0 Å². The maximum absolute atomic E-state index is 6.01. The van der Waals surface area contributed by atoms with Crippen molar-refractivity contribution in [1.82, 2.24) is 0 Å². The second-order valence-electron chi connectivity index (χ2n) is 9.45. The number of benzene rings is 3. The molecule has 38 heavy (non-hydrogen) atoms. The molecular formula is C34H42O4. The van der Waals surface area contributed by atoms with Crippen molar-refractivity contribution in [3.63, 3.8) is 0 Å². The first-order valence-electron chi connectivity index (χ1n) is 13.4. The first-order chi connectivity index (χ1) is 18.7. The van der Waals surface area contributed by atoms with Crippen LogP contribution in [0.15, 0.2) is 102 Å². The van der Waals surface area contributed by atoms with Gasteiger partial charge in [0.05, 0.1) is 40.6 Å². The fourth-order valence-electron chi connectivity index (χ4n) is 4.20. The monoisotopic (exact) mass is 514 g/mol. The van der Waals surface area contributed by atoms with Gasteiger partial charge in [-0.1, -0.05) is 77.9 Å². The predicted octanol–water partition coefficient (Wildman–Crippen LogP) is 8.11. The molecule has 4 nitrogen and oxygen atoms in total. The van der Waals surface area contributed by atoms with E-state index < -0.39 is 0 Å². The van der Waals surface area contributed by atoms with Crippen LogP contribution in [0.4, 0.5) is 0 Å². The Labute approximate surface area is 228 Å². The maximum Gasteiger partial charge on any atom is 0.118 e. The lowest BCUT2D eigenvalue weighted by Gasteiger charge is -2.11. The molecule has 0 unspecified atom stereocenters. The highest BCUT2D eigenvalue weighted by atomic mass is 16.5. The zero-order valence-corrected chi connectivity index (χ0v) is 23.2. The molecule has 0 bridgehead atoms. The minimum atomic E-state index is 0.605. The van der Waals surface area contributed by atoms with E-state index in [9.17, 15) is 0 Å². The Bertz CT molecular complexity index is 1100. The quantitative estimate of drug-likeness (QED) is 0.135. The van der Waals surface area contributed by atoms with Crippen LogP contribution in [0, 0.1) is 0 Å². The number of hydrogen-bond donors (Lipinski definition) is 0. The molecule has 4 heteroatoms. The second kappa shape index (κ2) is 17.2. The third-order valence-corrected chi connectivity index (χ3v) is 6.39. The van der Waals surface area contributed by atoms with Crippen LogP contribution in [0.5, 0.6) is 11.5 Å². The Morgan fingerprint density at radius 2 is 1.21 bits per heavy atom. The molecule has 0 aromatic heterocycles. The Morgan fingerprint density at radius 1 is 0.632 bits per heavy atom. The molecule has 3 rings (SSSR count).